The summed E-state index contributed by atoms with van der Waals surface area (Å²) >= 11 is 0. The van der Waals surface area contributed by atoms with E-state index in [4.69, 9.17) is 4.42 Å². The first-order valence-electron chi connectivity index (χ1n) is 7.57. The molecule has 2 heterocycles. The molecule has 2 aromatic heterocycles. The number of hydrogen-bond donors (Lipinski definition) is 1. The number of rotatable bonds is 5. The van der Waals surface area contributed by atoms with Crippen molar-refractivity contribution in [3.05, 3.63) is 71.4 Å². The van der Waals surface area contributed by atoms with E-state index in [1.165, 1.54) is 5.56 Å². The van der Waals surface area contributed by atoms with Crippen LogP contribution in [0, 0.1) is 13.8 Å². The largest absolute Gasteiger partial charge is 0.469 e. The molecule has 3 rings (SSSR count). The molecule has 118 valence electrons. The lowest BCUT2D eigenvalue weighted by molar-refractivity contribution is 0.0953. The van der Waals surface area contributed by atoms with Crippen LogP contribution in [0.4, 0.5) is 0 Å². The maximum atomic E-state index is 12.3. The van der Waals surface area contributed by atoms with E-state index in [0.29, 0.717) is 18.5 Å². The predicted octanol–water partition coefficient (Wildman–Crippen LogP) is 3.05. The Morgan fingerprint density at radius 1 is 1.22 bits per heavy atom. The second-order valence-electron chi connectivity index (χ2n) is 5.48. The average Bonchev–Trinajstić information content (AvgIpc) is 3.18. The van der Waals surface area contributed by atoms with Crippen LogP contribution in [0.2, 0.25) is 0 Å². The van der Waals surface area contributed by atoms with Crippen LogP contribution in [-0.4, -0.2) is 22.2 Å². The van der Waals surface area contributed by atoms with E-state index in [1.54, 1.807) is 17.1 Å². The standard InChI is InChI=1S/C18H19N3O2/c1-13-5-7-15(8-6-13)21-14(2)17(12-20-21)18(22)19-10-9-16-4-3-11-23-16/h3-8,11-12H,9-10H2,1-2H3,(H,19,22). The van der Waals surface area contributed by atoms with Crippen LogP contribution in [0.25, 0.3) is 5.69 Å². The van der Waals surface area contributed by atoms with Crippen molar-refractivity contribution in [3.8, 4) is 5.69 Å². The average molecular weight is 309 g/mol. The highest BCUT2D eigenvalue weighted by atomic mass is 16.3. The summed E-state index contributed by atoms with van der Waals surface area (Å²) in [5.41, 5.74) is 3.55. The van der Waals surface area contributed by atoms with Crippen molar-refractivity contribution in [2.75, 3.05) is 6.54 Å². The molecule has 0 saturated carbocycles. The van der Waals surface area contributed by atoms with Gasteiger partial charge in [-0.25, -0.2) is 4.68 Å². The minimum Gasteiger partial charge on any atom is -0.469 e. The molecule has 0 bridgehead atoms. The van der Waals surface area contributed by atoms with E-state index in [1.807, 2.05) is 50.2 Å². The molecule has 0 unspecified atom stereocenters. The normalized spacial score (nSPS) is 10.7. The summed E-state index contributed by atoms with van der Waals surface area (Å²) in [6.45, 7) is 4.47. The van der Waals surface area contributed by atoms with Crippen molar-refractivity contribution in [2.45, 2.75) is 20.3 Å². The fourth-order valence-corrected chi connectivity index (χ4v) is 2.43. The van der Waals surface area contributed by atoms with E-state index in [9.17, 15) is 4.79 Å². The number of aromatic nitrogens is 2. The van der Waals surface area contributed by atoms with Crippen molar-refractivity contribution in [2.24, 2.45) is 0 Å². The van der Waals surface area contributed by atoms with Gasteiger partial charge in [0.05, 0.1) is 29.4 Å². The van der Waals surface area contributed by atoms with Crippen molar-refractivity contribution in [3.63, 3.8) is 0 Å². The summed E-state index contributed by atoms with van der Waals surface area (Å²) < 4.78 is 7.03. The van der Waals surface area contributed by atoms with Gasteiger partial charge in [0, 0.05) is 13.0 Å². The fraction of sp³-hybridized carbons (Fsp3) is 0.222. The van der Waals surface area contributed by atoms with Gasteiger partial charge >= 0.3 is 0 Å². The zero-order valence-corrected chi connectivity index (χ0v) is 13.2. The third-order valence-electron chi connectivity index (χ3n) is 3.77. The molecule has 3 aromatic rings. The molecular formula is C18H19N3O2. The zero-order valence-electron chi connectivity index (χ0n) is 13.2. The maximum absolute atomic E-state index is 12.3. The Bertz CT molecular complexity index is 786. The molecule has 0 fully saturated rings. The number of benzene rings is 1. The SMILES string of the molecule is Cc1ccc(-n2ncc(C(=O)NCCc3ccco3)c2C)cc1. The monoisotopic (exact) mass is 309 g/mol. The van der Waals surface area contributed by atoms with Crippen LogP contribution in [-0.2, 0) is 6.42 Å². The molecule has 0 saturated heterocycles. The summed E-state index contributed by atoms with van der Waals surface area (Å²) in [5, 5.41) is 7.23. The maximum Gasteiger partial charge on any atom is 0.254 e. The lowest BCUT2D eigenvalue weighted by Gasteiger charge is -2.06. The fourth-order valence-electron chi connectivity index (χ4n) is 2.43. The van der Waals surface area contributed by atoms with Gasteiger partial charge in [-0.05, 0) is 38.1 Å². The van der Waals surface area contributed by atoms with Gasteiger partial charge in [-0.15, -0.1) is 0 Å². The number of furan rings is 1. The molecule has 0 aliphatic carbocycles. The molecule has 1 amide bonds. The minimum absolute atomic E-state index is 0.118. The van der Waals surface area contributed by atoms with E-state index >= 15 is 0 Å². The Balaban J connectivity index is 1.68. The van der Waals surface area contributed by atoms with Crippen molar-refractivity contribution < 1.29 is 9.21 Å². The Kier molecular flexibility index (Phi) is 4.28. The van der Waals surface area contributed by atoms with Crippen LogP contribution in [0.15, 0.2) is 53.3 Å². The second kappa shape index (κ2) is 6.52. The summed E-state index contributed by atoms with van der Waals surface area (Å²) in [6, 6.07) is 11.8. The van der Waals surface area contributed by atoms with Crippen LogP contribution in [0.1, 0.15) is 27.4 Å². The Morgan fingerprint density at radius 2 is 2.00 bits per heavy atom. The molecule has 0 aliphatic rings. The third-order valence-corrected chi connectivity index (χ3v) is 3.77. The summed E-state index contributed by atoms with van der Waals surface area (Å²) in [4.78, 5) is 12.3. The smallest absolute Gasteiger partial charge is 0.254 e. The molecule has 0 atom stereocenters. The Labute approximate surface area is 134 Å². The first-order valence-corrected chi connectivity index (χ1v) is 7.57. The molecule has 5 heteroatoms. The number of nitrogens with zero attached hydrogens (tertiary/aromatic N) is 2. The van der Waals surface area contributed by atoms with Gasteiger partial charge in [0.15, 0.2) is 0 Å². The number of aryl methyl sites for hydroxylation is 1. The third kappa shape index (κ3) is 3.34. The molecule has 0 radical (unpaired) electrons. The lowest BCUT2D eigenvalue weighted by atomic mass is 10.2. The van der Waals surface area contributed by atoms with E-state index in [-0.39, 0.29) is 5.91 Å². The Morgan fingerprint density at radius 3 is 2.70 bits per heavy atom. The molecule has 1 aromatic carbocycles. The van der Waals surface area contributed by atoms with Gasteiger partial charge in [0.25, 0.3) is 5.91 Å². The van der Waals surface area contributed by atoms with Gasteiger partial charge in [-0.3, -0.25) is 4.79 Å². The molecule has 0 spiro atoms. The quantitative estimate of drug-likeness (QED) is 0.788. The summed E-state index contributed by atoms with van der Waals surface area (Å²) in [6.07, 6.45) is 3.91. The summed E-state index contributed by atoms with van der Waals surface area (Å²) in [7, 11) is 0. The molecule has 23 heavy (non-hydrogen) atoms. The van der Waals surface area contributed by atoms with Crippen molar-refractivity contribution >= 4 is 5.91 Å². The van der Waals surface area contributed by atoms with E-state index in [0.717, 1.165) is 17.1 Å². The van der Waals surface area contributed by atoms with Crippen LogP contribution >= 0.6 is 0 Å². The number of nitrogens with one attached hydrogen (secondary N) is 1. The highest BCUT2D eigenvalue weighted by Gasteiger charge is 2.14. The minimum atomic E-state index is -0.118. The summed E-state index contributed by atoms with van der Waals surface area (Å²) in [5.74, 6) is 0.741. The van der Waals surface area contributed by atoms with E-state index in [2.05, 4.69) is 10.4 Å². The van der Waals surface area contributed by atoms with Gasteiger partial charge in [0.1, 0.15) is 5.76 Å². The van der Waals surface area contributed by atoms with Crippen LogP contribution in [0.3, 0.4) is 0 Å². The first-order chi connectivity index (χ1) is 11.1. The topological polar surface area (TPSA) is 60.1 Å². The van der Waals surface area contributed by atoms with Gasteiger partial charge < -0.3 is 9.73 Å². The molecule has 0 aliphatic heterocycles. The number of carbonyl (C=O) groups is 1. The highest BCUT2D eigenvalue weighted by Crippen LogP contribution is 2.14. The van der Waals surface area contributed by atoms with Crippen molar-refractivity contribution in [1.82, 2.24) is 15.1 Å². The highest BCUT2D eigenvalue weighted by molar-refractivity contribution is 5.95. The Hall–Kier alpha value is -2.82. The molecular weight excluding hydrogens is 290 g/mol. The lowest BCUT2D eigenvalue weighted by Crippen LogP contribution is -2.26. The van der Waals surface area contributed by atoms with E-state index < -0.39 is 0 Å². The van der Waals surface area contributed by atoms with Crippen LogP contribution in [0.5, 0.6) is 0 Å². The number of hydrogen-bond acceptors (Lipinski definition) is 3. The second-order valence-corrected chi connectivity index (χ2v) is 5.48. The predicted molar refractivity (Wildman–Crippen MR) is 87.8 cm³/mol. The zero-order chi connectivity index (χ0) is 16.2. The van der Waals surface area contributed by atoms with Gasteiger partial charge in [-0.1, -0.05) is 17.7 Å². The number of carbonyl (C=O) groups excluding carboxylic acids is 1. The molecule has 5 nitrogen and oxygen atoms in total. The molecule has 1 N–H and O–H groups in total. The van der Waals surface area contributed by atoms with Gasteiger partial charge in [0.2, 0.25) is 0 Å². The van der Waals surface area contributed by atoms with Crippen molar-refractivity contribution in [1.29, 1.82) is 0 Å². The van der Waals surface area contributed by atoms with Crippen LogP contribution < -0.4 is 5.32 Å². The van der Waals surface area contributed by atoms with Gasteiger partial charge in [-0.2, -0.15) is 5.10 Å². The number of amides is 1. The first kappa shape index (κ1) is 15.1.